The highest BCUT2D eigenvalue weighted by Crippen LogP contribution is 2.44. The number of nitrogens with zero attached hydrogens (tertiary/aromatic N) is 16. The lowest BCUT2D eigenvalue weighted by molar-refractivity contribution is -0.153. The summed E-state index contributed by atoms with van der Waals surface area (Å²) in [5.74, 6) is 2.48. The molecule has 2 atom stereocenters. The number of aliphatic imine (C=N–C) groups is 4. The SMILES string of the molecule is CC1(C)CC(N=C(CN2CC(C)(C)NC(C)(C)C2=O)c2nc(CCCCCCc3nc(C(CN4CC(C)(C)NC(C)(C)C4=O)=NC4CC(C)(C)NC(C)(C)C4)nc(C4=NC5CC(C)(C)N(NC4N4CC(C)(C)NC(C)(C)C4=O)C(C)(C)C5)n3)nc(C3=NC4CC(C)(C)N(NC3N3CC(C)(C)NC(C)(C)C3=O)C(C)(C)C4)n2)CC(C)(C)N1. The summed E-state index contributed by atoms with van der Waals surface area (Å²) in [6.07, 6.45) is 8.39. The van der Waals surface area contributed by atoms with E-state index in [1.54, 1.807) is 0 Å². The van der Waals surface area contributed by atoms with E-state index in [-0.39, 0.29) is 105 Å². The third-order valence-corrected chi connectivity index (χ3v) is 25.4. The number of rotatable bonds is 19. The monoisotopic (exact) mass is 1610 g/mol. The maximum absolute atomic E-state index is 15.3. The third kappa shape index (κ3) is 19.7. The Morgan fingerprint density at radius 3 is 0.922 bits per heavy atom. The molecule has 0 aromatic carbocycles. The van der Waals surface area contributed by atoms with Crippen LogP contribution < -0.4 is 42.8 Å². The highest BCUT2D eigenvalue weighted by molar-refractivity contribution is 6.08. The summed E-state index contributed by atoms with van der Waals surface area (Å²) in [5, 5.41) is 27.0. The summed E-state index contributed by atoms with van der Waals surface area (Å²) in [4.78, 5) is 125. The Kier molecular flexibility index (Phi) is 23.2. The van der Waals surface area contributed by atoms with Gasteiger partial charge in [0.2, 0.25) is 23.6 Å². The van der Waals surface area contributed by atoms with Crippen LogP contribution in [-0.2, 0) is 32.0 Å². The van der Waals surface area contributed by atoms with Crippen molar-refractivity contribution in [2.24, 2.45) is 20.0 Å². The first-order valence-corrected chi connectivity index (χ1v) is 43.7. The lowest BCUT2D eigenvalue weighted by Crippen LogP contribution is -2.78. The summed E-state index contributed by atoms with van der Waals surface area (Å²) in [7, 11) is 0. The Labute approximate surface area is 695 Å². The van der Waals surface area contributed by atoms with Crippen molar-refractivity contribution in [1.29, 1.82) is 0 Å². The van der Waals surface area contributed by atoms with E-state index in [9.17, 15) is 9.59 Å². The fourth-order valence-electron chi connectivity index (χ4n) is 23.4. The molecule has 116 heavy (non-hydrogen) atoms. The van der Waals surface area contributed by atoms with E-state index in [1.807, 2.05) is 75.0 Å². The third-order valence-electron chi connectivity index (χ3n) is 25.4. The number of carbonyl (C=O) groups excluding carboxylic acids is 4. The van der Waals surface area contributed by atoms with E-state index in [0.717, 1.165) is 64.2 Å². The molecule has 0 aliphatic carbocycles. The summed E-state index contributed by atoms with van der Waals surface area (Å²) >= 11 is 0. The van der Waals surface area contributed by atoms with Gasteiger partial charge in [-0.05, 0) is 286 Å². The van der Waals surface area contributed by atoms with Gasteiger partial charge in [0.25, 0.3) is 0 Å². The predicted molar refractivity (Wildman–Crippen MR) is 462 cm³/mol. The van der Waals surface area contributed by atoms with Gasteiger partial charge in [-0.25, -0.2) is 50.8 Å². The van der Waals surface area contributed by atoms with Crippen LogP contribution in [0.2, 0.25) is 0 Å². The zero-order valence-corrected chi connectivity index (χ0v) is 77.4. The quantitative estimate of drug-likeness (QED) is 0.0481. The predicted octanol–water partition coefficient (Wildman–Crippen LogP) is 8.86. The van der Waals surface area contributed by atoms with Gasteiger partial charge in [-0.3, -0.25) is 60.4 Å². The Bertz CT molecular complexity index is 3910. The number of hydrogen-bond donors (Lipinski definition) is 8. The van der Waals surface area contributed by atoms with E-state index in [1.165, 1.54) is 0 Å². The molecular weight excluding hydrogens is 1460 g/mol. The maximum Gasteiger partial charge on any atom is 0.243 e. The number of aromatic nitrogens is 6. The number of aryl methyl sites for hydroxylation is 2. The number of piperazine rings is 4. The average Bonchev–Trinajstić information content (AvgIpc) is 0.732. The van der Waals surface area contributed by atoms with Crippen LogP contribution in [0.1, 0.15) is 334 Å². The molecule has 4 amide bonds. The summed E-state index contributed by atoms with van der Waals surface area (Å²) < 4.78 is 0. The number of carbonyl (C=O) groups is 4. The minimum Gasteiger partial charge on any atom is -0.333 e. The minimum absolute atomic E-state index is 0.0342. The highest BCUT2D eigenvalue weighted by Gasteiger charge is 2.57. The second kappa shape index (κ2) is 30.1. The molecule has 646 valence electrons. The maximum atomic E-state index is 15.3. The summed E-state index contributed by atoms with van der Waals surface area (Å²) in [6, 6.07) is -0.560. The molecule has 0 saturated carbocycles. The van der Waals surface area contributed by atoms with E-state index in [4.69, 9.17) is 49.9 Å². The number of unbranched alkanes of at least 4 members (excludes halogenated alkanes) is 3. The molecule has 2 aromatic heterocycles. The minimum atomic E-state index is -0.923. The molecule has 4 bridgehead atoms. The summed E-state index contributed by atoms with van der Waals surface area (Å²) in [6.45, 7) is 70.7. The molecule has 14 heterocycles. The largest absolute Gasteiger partial charge is 0.333 e. The Hall–Kier alpha value is -5.82. The van der Waals surface area contributed by atoms with Gasteiger partial charge in [0, 0.05) is 105 Å². The number of hydrazine groups is 2. The van der Waals surface area contributed by atoms with Crippen molar-refractivity contribution < 1.29 is 19.2 Å². The van der Waals surface area contributed by atoms with Crippen LogP contribution in [0.3, 0.4) is 0 Å². The van der Waals surface area contributed by atoms with E-state index in [0.29, 0.717) is 110 Å². The van der Waals surface area contributed by atoms with Crippen molar-refractivity contribution in [2.75, 3.05) is 39.3 Å². The summed E-state index contributed by atoms with van der Waals surface area (Å²) in [5.41, 5.74) is 2.57. The van der Waals surface area contributed by atoms with Gasteiger partial charge in [-0.1, -0.05) is 12.8 Å². The van der Waals surface area contributed by atoms with E-state index >= 15 is 9.59 Å². The lowest BCUT2D eigenvalue weighted by atomic mass is 9.78. The Morgan fingerprint density at radius 2 is 0.621 bits per heavy atom. The van der Waals surface area contributed by atoms with Crippen LogP contribution in [0.15, 0.2) is 20.0 Å². The molecule has 0 radical (unpaired) electrons. The van der Waals surface area contributed by atoms with Gasteiger partial charge >= 0.3 is 0 Å². The zero-order chi connectivity index (χ0) is 85.9. The zero-order valence-electron chi connectivity index (χ0n) is 77.4. The Morgan fingerprint density at radius 1 is 0.336 bits per heavy atom. The topological polar surface area (TPSA) is 311 Å². The number of hydrogen-bond acceptors (Lipinski definition) is 24. The van der Waals surface area contributed by atoms with E-state index < -0.39 is 56.6 Å². The average molecular weight is 1610 g/mol. The van der Waals surface area contributed by atoms with Crippen LogP contribution in [0.4, 0.5) is 0 Å². The number of nitrogens with one attached hydrogen (secondary N) is 8. The highest BCUT2D eigenvalue weighted by atomic mass is 16.2. The first kappa shape index (κ1) is 89.4. The molecule has 2 aromatic rings. The standard InChI is InChI=1S/C88H150N24O4/c1-73(2)39-53(40-74(3,4)101-73)89-57(47-107-49-77(9,10)103-85(25,26)69(107)113)63-93-59(95-65(97-63)61-67(109-51-79(13,14)105-87(29,30)71(109)115)99-111-81(17,18)43-55(91-61)44-82(111,19)20)37-35-33-34-36-38-60-94-64(58(90-54-41-75(5,6)102-76(7,8)42-54)48-108-50-78(11,12)104-86(27,28)70(108)114)98-66(96-60)62-68(110-52-80(15,16)106-88(31,32)72(110)116)100-112-83(21,22)45-56(92-62)46-84(112,23)24/h53-56,67-68,99-106H,33-52H2,1-32H3. The van der Waals surface area contributed by atoms with Gasteiger partial charge in [-0.15, -0.1) is 0 Å². The molecular formula is C88H150N24O4. The molecule has 12 aliphatic heterocycles. The van der Waals surface area contributed by atoms with Gasteiger partial charge in [0.15, 0.2) is 23.3 Å². The van der Waals surface area contributed by atoms with Crippen molar-refractivity contribution in [3.05, 3.63) is 34.9 Å². The second-order valence-corrected chi connectivity index (χ2v) is 46.6. The van der Waals surface area contributed by atoms with Crippen LogP contribution >= 0.6 is 0 Å². The molecule has 14 rings (SSSR count). The lowest BCUT2D eigenvalue weighted by Gasteiger charge is -2.58. The molecule has 2 unspecified atom stereocenters. The van der Waals surface area contributed by atoms with Crippen LogP contribution in [0.5, 0.6) is 0 Å². The molecule has 28 heteroatoms. The molecule has 8 N–H and O–H groups in total. The van der Waals surface area contributed by atoms with Crippen molar-refractivity contribution in [3.8, 4) is 0 Å². The van der Waals surface area contributed by atoms with Crippen molar-refractivity contribution in [1.82, 2.24) is 102 Å². The number of piperidine rings is 4. The second-order valence-electron chi connectivity index (χ2n) is 46.6. The number of amides is 4. The fraction of sp³-hybridized carbons (Fsp3) is 0.841. The van der Waals surface area contributed by atoms with Crippen molar-refractivity contribution >= 4 is 46.5 Å². The Balaban J connectivity index is 0.959. The van der Waals surface area contributed by atoms with Gasteiger partial charge < -0.3 is 30.2 Å². The molecule has 0 spiro atoms. The number of fused-ring (bicyclic) bond motifs is 8. The smallest absolute Gasteiger partial charge is 0.243 e. The molecule has 12 aliphatic rings. The first-order valence-electron chi connectivity index (χ1n) is 43.7. The van der Waals surface area contributed by atoms with Gasteiger partial charge in [0.1, 0.15) is 35.4 Å². The van der Waals surface area contributed by atoms with Crippen molar-refractivity contribution in [2.45, 2.75) is 437 Å². The van der Waals surface area contributed by atoms with Gasteiger partial charge in [0.05, 0.1) is 70.8 Å². The molecule has 8 saturated heterocycles. The van der Waals surface area contributed by atoms with Crippen molar-refractivity contribution in [3.63, 3.8) is 0 Å². The van der Waals surface area contributed by atoms with Crippen LogP contribution in [-0.4, -0.2) is 270 Å². The normalized spacial score (nSPS) is 31.2. The first-order chi connectivity index (χ1) is 52.8. The van der Waals surface area contributed by atoms with Gasteiger partial charge in [-0.2, -0.15) is 0 Å². The molecule has 8 fully saturated rings. The van der Waals surface area contributed by atoms with Crippen LogP contribution in [0, 0.1) is 0 Å². The van der Waals surface area contributed by atoms with Crippen LogP contribution in [0.25, 0.3) is 0 Å². The fourth-order valence-corrected chi connectivity index (χ4v) is 23.4. The molecule has 28 nitrogen and oxygen atoms in total. The van der Waals surface area contributed by atoms with E-state index in [2.05, 4.69) is 219 Å².